The molecule has 3 aromatic rings. The van der Waals surface area contributed by atoms with Crippen LogP contribution in [0.2, 0.25) is 5.02 Å². The van der Waals surface area contributed by atoms with Crippen LogP contribution in [0.1, 0.15) is 39.3 Å². The van der Waals surface area contributed by atoms with E-state index in [0.717, 1.165) is 18.4 Å². The molecule has 0 radical (unpaired) electrons. The summed E-state index contributed by atoms with van der Waals surface area (Å²) in [4.78, 5) is 38.4. The van der Waals surface area contributed by atoms with Crippen molar-refractivity contribution in [3.63, 3.8) is 0 Å². The van der Waals surface area contributed by atoms with Gasteiger partial charge in [-0.3, -0.25) is 14.3 Å². The van der Waals surface area contributed by atoms with Crippen LogP contribution in [0.15, 0.2) is 48.5 Å². The number of nitrogens with zero attached hydrogens (tertiary/aromatic N) is 3. The Morgan fingerprint density at radius 2 is 1.94 bits per heavy atom. The molecule has 2 aliphatic rings. The second-order valence-corrected chi connectivity index (χ2v) is 8.76. The fourth-order valence-electron chi connectivity index (χ4n) is 3.97. The van der Waals surface area contributed by atoms with Gasteiger partial charge in [0, 0.05) is 29.6 Å². The molecule has 168 valence electrons. The van der Waals surface area contributed by atoms with Gasteiger partial charge in [0.25, 0.3) is 5.91 Å². The van der Waals surface area contributed by atoms with Gasteiger partial charge in [-0.25, -0.2) is 4.79 Å². The average Bonchev–Trinajstić information content (AvgIpc) is 3.55. The third-order valence-corrected chi connectivity index (χ3v) is 6.11. The topological polar surface area (TPSA) is 105 Å². The van der Waals surface area contributed by atoms with E-state index in [1.807, 2.05) is 0 Å². The van der Waals surface area contributed by atoms with Crippen LogP contribution in [0.25, 0.3) is 11.3 Å². The number of aromatic carboxylic acids is 1. The van der Waals surface area contributed by atoms with E-state index in [-0.39, 0.29) is 23.3 Å². The zero-order valence-electron chi connectivity index (χ0n) is 17.6. The van der Waals surface area contributed by atoms with Gasteiger partial charge in [-0.05, 0) is 54.8 Å². The van der Waals surface area contributed by atoms with E-state index in [9.17, 15) is 19.5 Å². The van der Waals surface area contributed by atoms with E-state index in [1.54, 1.807) is 52.0 Å². The number of carbonyl (C=O) groups is 3. The number of amides is 2. The Bertz CT molecular complexity index is 1280. The lowest BCUT2D eigenvalue weighted by Gasteiger charge is -2.27. The quantitative estimate of drug-likeness (QED) is 0.575. The first kappa shape index (κ1) is 21.2. The number of carbonyl (C=O) groups excluding carboxylic acids is 2. The zero-order valence-corrected chi connectivity index (χ0v) is 18.4. The summed E-state index contributed by atoms with van der Waals surface area (Å²) in [5.74, 6) is -1.18. The SMILES string of the molecule is O=C(O)c1cccc(CN2CCn3nc(-c4ccc(Cl)cc4NC(=O)C4CC4)cc3C2=O)c1. The van der Waals surface area contributed by atoms with Crippen molar-refractivity contribution < 1.29 is 19.5 Å². The molecule has 2 amide bonds. The maximum Gasteiger partial charge on any atom is 0.335 e. The number of aromatic nitrogens is 2. The van der Waals surface area contributed by atoms with Gasteiger partial charge < -0.3 is 15.3 Å². The molecule has 33 heavy (non-hydrogen) atoms. The minimum absolute atomic E-state index is 0.0340. The zero-order chi connectivity index (χ0) is 23.1. The number of halogens is 1. The number of hydrogen-bond acceptors (Lipinski definition) is 4. The maximum atomic E-state index is 13.2. The van der Waals surface area contributed by atoms with Gasteiger partial charge in [0.15, 0.2) is 0 Å². The number of hydrogen-bond donors (Lipinski definition) is 2. The molecule has 0 saturated heterocycles. The Morgan fingerprint density at radius 3 is 2.70 bits per heavy atom. The van der Waals surface area contributed by atoms with Crippen molar-refractivity contribution in [1.82, 2.24) is 14.7 Å². The molecule has 1 aliphatic carbocycles. The molecule has 0 atom stereocenters. The Morgan fingerprint density at radius 1 is 1.12 bits per heavy atom. The molecule has 1 fully saturated rings. The summed E-state index contributed by atoms with van der Waals surface area (Å²) in [5, 5.41) is 17.3. The Labute approximate surface area is 194 Å². The summed E-state index contributed by atoms with van der Waals surface area (Å²) in [6.45, 7) is 1.28. The Hall–Kier alpha value is -3.65. The molecule has 5 rings (SSSR count). The van der Waals surface area contributed by atoms with E-state index in [2.05, 4.69) is 10.4 Å². The maximum absolute atomic E-state index is 13.2. The largest absolute Gasteiger partial charge is 0.478 e. The van der Waals surface area contributed by atoms with Crippen LogP contribution in [0.4, 0.5) is 5.69 Å². The molecule has 9 heteroatoms. The van der Waals surface area contributed by atoms with Gasteiger partial charge in [-0.15, -0.1) is 0 Å². The van der Waals surface area contributed by atoms with E-state index < -0.39 is 5.97 Å². The van der Waals surface area contributed by atoms with E-state index in [0.29, 0.717) is 47.3 Å². The highest BCUT2D eigenvalue weighted by molar-refractivity contribution is 6.31. The first-order valence-electron chi connectivity index (χ1n) is 10.7. The third-order valence-electron chi connectivity index (χ3n) is 5.88. The number of anilines is 1. The predicted octanol–water partition coefficient (Wildman–Crippen LogP) is 3.91. The van der Waals surface area contributed by atoms with Gasteiger partial charge >= 0.3 is 5.97 Å². The normalized spacial score (nSPS) is 15.3. The summed E-state index contributed by atoms with van der Waals surface area (Å²) in [6, 6.07) is 13.5. The standard InChI is InChI=1S/C24H21ClN4O4/c25-17-6-7-18(19(11-17)26-22(30)15-4-5-15)20-12-21-23(31)28(8-9-29(21)27-20)13-14-2-1-3-16(10-14)24(32)33/h1-3,6-7,10-12,15H,4-5,8-9,13H2,(H,26,30)(H,32,33). The van der Waals surface area contributed by atoms with Gasteiger partial charge in [0.2, 0.25) is 5.91 Å². The fourth-order valence-corrected chi connectivity index (χ4v) is 4.14. The van der Waals surface area contributed by atoms with Crippen LogP contribution < -0.4 is 5.32 Å². The first-order chi connectivity index (χ1) is 15.9. The number of nitrogens with one attached hydrogen (secondary N) is 1. The highest BCUT2D eigenvalue weighted by atomic mass is 35.5. The summed E-state index contributed by atoms with van der Waals surface area (Å²) in [7, 11) is 0. The highest BCUT2D eigenvalue weighted by Gasteiger charge is 2.31. The second-order valence-electron chi connectivity index (χ2n) is 8.32. The molecule has 1 aromatic heterocycles. The van der Waals surface area contributed by atoms with Crippen LogP contribution in [-0.4, -0.2) is 44.1 Å². The molecule has 1 aliphatic heterocycles. The molecule has 2 aromatic carbocycles. The molecule has 2 N–H and O–H groups in total. The molecule has 0 bridgehead atoms. The van der Waals surface area contributed by atoms with Crippen LogP contribution >= 0.6 is 11.6 Å². The van der Waals surface area contributed by atoms with Crippen molar-refractivity contribution in [1.29, 1.82) is 0 Å². The molecule has 0 spiro atoms. The predicted molar refractivity (Wildman–Crippen MR) is 122 cm³/mol. The summed E-state index contributed by atoms with van der Waals surface area (Å²) in [6.07, 6.45) is 1.78. The first-order valence-corrected chi connectivity index (χ1v) is 11.1. The molecular weight excluding hydrogens is 444 g/mol. The van der Waals surface area contributed by atoms with Crippen molar-refractivity contribution in [3.8, 4) is 11.3 Å². The van der Waals surface area contributed by atoms with Crippen LogP contribution in [0.5, 0.6) is 0 Å². The van der Waals surface area contributed by atoms with Gasteiger partial charge in [0.05, 0.1) is 23.5 Å². The van der Waals surface area contributed by atoms with Crippen molar-refractivity contribution in [2.45, 2.75) is 25.9 Å². The average molecular weight is 465 g/mol. The van der Waals surface area contributed by atoms with E-state index >= 15 is 0 Å². The van der Waals surface area contributed by atoms with Crippen molar-refractivity contribution in [2.75, 3.05) is 11.9 Å². The number of benzene rings is 2. The van der Waals surface area contributed by atoms with Crippen molar-refractivity contribution in [2.24, 2.45) is 5.92 Å². The summed E-state index contributed by atoms with van der Waals surface area (Å²) >= 11 is 6.16. The molecule has 1 saturated carbocycles. The minimum atomic E-state index is -1.00. The number of carboxylic acids is 1. The van der Waals surface area contributed by atoms with Gasteiger partial charge in [0.1, 0.15) is 5.69 Å². The molecular formula is C24H21ClN4O4. The highest BCUT2D eigenvalue weighted by Crippen LogP contribution is 2.35. The Kier molecular flexibility index (Phi) is 5.38. The van der Waals surface area contributed by atoms with Crippen molar-refractivity contribution >= 4 is 35.1 Å². The Balaban J connectivity index is 1.40. The van der Waals surface area contributed by atoms with Gasteiger partial charge in [-0.2, -0.15) is 5.10 Å². The lowest BCUT2D eigenvalue weighted by Crippen LogP contribution is -2.39. The van der Waals surface area contributed by atoms with Gasteiger partial charge in [-0.1, -0.05) is 23.7 Å². The van der Waals surface area contributed by atoms with Crippen LogP contribution in [0.3, 0.4) is 0 Å². The van der Waals surface area contributed by atoms with Crippen LogP contribution in [-0.2, 0) is 17.9 Å². The summed E-state index contributed by atoms with van der Waals surface area (Å²) < 4.78 is 1.67. The lowest BCUT2D eigenvalue weighted by molar-refractivity contribution is -0.117. The van der Waals surface area contributed by atoms with E-state index in [4.69, 9.17) is 11.6 Å². The number of rotatable bonds is 6. The second kappa shape index (κ2) is 8.37. The van der Waals surface area contributed by atoms with Crippen LogP contribution in [0, 0.1) is 5.92 Å². The fraction of sp³-hybridized carbons (Fsp3) is 0.250. The smallest absolute Gasteiger partial charge is 0.335 e. The minimum Gasteiger partial charge on any atom is -0.478 e. The lowest BCUT2D eigenvalue weighted by atomic mass is 10.1. The number of fused-ring (bicyclic) bond motifs is 1. The van der Waals surface area contributed by atoms with Crippen molar-refractivity contribution in [3.05, 3.63) is 70.4 Å². The monoisotopic (exact) mass is 464 g/mol. The number of carboxylic acid groups (broad SMARTS) is 1. The van der Waals surface area contributed by atoms with E-state index in [1.165, 1.54) is 6.07 Å². The summed E-state index contributed by atoms with van der Waals surface area (Å²) in [5.41, 5.74) is 3.23. The molecule has 8 nitrogen and oxygen atoms in total. The molecule has 2 heterocycles. The molecule has 0 unspecified atom stereocenters. The third kappa shape index (κ3) is 4.34.